The van der Waals surface area contributed by atoms with Gasteiger partial charge < -0.3 is 9.80 Å². The third-order valence-electron chi connectivity index (χ3n) is 5.33. The summed E-state index contributed by atoms with van der Waals surface area (Å²) in [6.45, 7) is 6.17. The summed E-state index contributed by atoms with van der Waals surface area (Å²) in [4.78, 5) is 28.9. The van der Waals surface area contributed by atoms with Crippen LogP contribution in [0.5, 0.6) is 0 Å². The number of aryl methyl sites for hydroxylation is 1. The van der Waals surface area contributed by atoms with E-state index in [0.29, 0.717) is 18.4 Å². The van der Waals surface area contributed by atoms with E-state index >= 15 is 0 Å². The van der Waals surface area contributed by atoms with Gasteiger partial charge in [0.25, 0.3) is 5.56 Å². The number of carbonyl (C=O) groups is 1. The van der Waals surface area contributed by atoms with Crippen molar-refractivity contribution < 1.29 is 4.79 Å². The first-order valence-electron chi connectivity index (χ1n) is 9.05. The van der Waals surface area contributed by atoms with Crippen LogP contribution < -0.4 is 5.56 Å². The average molecular weight is 332 g/mol. The summed E-state index contributed by atoms with van der Waals surface area (Å²) in [6.07, 6.45) is 4.05. The number of piperidine rings is 2. The molecule has 2 aliphatic rings. The van der Waals surface area contributed by atoms with Gasteiger partial charge in [0.1, 0.15) is 0 Å². The fourth-order valence-corrected chi connectivity index (χ4v) is 3.89. The Morgan fingerprint density at radius 2 is 1.96 bits per heavy atom. The van der Waals surface area contributed by atoms with Crippen molar-refractivity contribution in [2.45, 2.75) is 39.2 Å². The summed E-state index contributed by atoms with van der Waals surface area (Å²) in [5.41, 5.74) is 0.827. The molecule has 1 aromatic rings. The second-order valence-corrected chi connectivity index (χ2v) is 7.37. The van der Waals surface area contributed by atoms with Crippen LogP contribution in [-0.2, 0) is 11.3 Å². The molecule has 0 aromatic carbocycles. The third-order valence-corrected chi connectivity index (χ3v) is 5.33. The van der Waals surface area contributed by atoms with Crippen LogP contribution in [0.15, 0.2) is 16.9 Å². The molecule has 24 heavy (non-hydrogen) atoms. The molecule has 1 atom stereocenters. The van der Waals surface area contributed by atoms with Crippen molar-refractivity contribution in [2.24, 2.45) is 11.8 Å². The monoisotopic (exact) mass is 332 g/mol. The molecule has 2 saturated heterocycles. The van der Waals surface area contributed by atoms with E-state index in [0.717, 1.165) is 57.6 Å². The van der Waals surface area contributed by atoms with E-state index in [2.05, 4.69) is 17.0 Å². The molecule has 0 spiro atoms. The Balaban J connectivity index is 1.53. The van der Waals surface area contributed by atoms with Gasteiger partial charge in [-0.05, 0) is 58.2 Å². The van der Waals surface area contributed by atoms with Gasteiger partial charge in [0, 0.05) is 32.2 Å². The van der Waals surface area contributed by atoms with Crippen LogP contribution in [0.1, 0.15) is 31.4 Å². The lowest BCUT2D eigenvalue weighted by Crippen LogP contribution is -2.47. The highest BCUT2D eigenvalue weighted by Crippen LogP contribution is 2.23. The molecule has 1 amide bonds. The van der Waals surface area contributed by atoms with E-state index in [1.807, 2.05) is 11.8 Å². The van der Waals surface area contributed by atoms with Crippen molar-refractivity contribution in [2.75, 3.05) is 33.2 Å². The van der Waals surface area contributed by atoms with Gasteiger partial charge in [-0.2, -0.15) is 5.10 Å². The molecule has 0 bridgehead atoms. The van der Waals surface area contributed by atoms with Gasteiger partial charge in [-0.25, -0.2) is 4.68 Å². The first-order valence-corrected chi connectivity index (χ1v) is 9.05. The minimum atomic E-state index is -0.0376. The van der Waals surface area contributed by atoms with Gasteiger partial charge in [0.05, 0.1) is 11.6 Å². The summed E-state index contributed by atoms with van der Waals surface area (Å²) in [6, 6.07) is 3.34. The van der Waals surface area contributed by atoms with Gasteiger partial charge in [-0.3, -0.25) is 9.59 Å². The molecule has 3 heterocycles. The van der Waals surface area contributed by atoms with Gasteiger partial charge in [0.15, 0.2) is 0 Å². The van der Waals surface area contributed by atoms with Crippen molar-refractivity contribution >= 4 is 5.91 Å². The number of amides is 1. The SMILES string of the molecule is Cc1ccc(=O)n(CC2CCN(C(=O)C3CCCN(C)C3)CC2)n1. The zero-order chi connectivity index (χ0) is 17.1. The zero-order valence-electron chi connectivity index (χ0n) is 14.8. The van der Waals surface area contributed by atoms with E-state index in [-0.39, 0.29) is 11.5 Å². The molecule has 3 rings (SSSR count). The van der Waals surface area contributed by atoms with E-state index in [4.69, 9.17) is 0 Å². The Hall–Kier alpha value is -1.69. The maximum atomic E-state index is 12.7. The molecule has 132 valence electrons. The number of likely N-dealkylation sites (tertiary alicyclic amines) is 2. The first kappa shape index (κ1) is 17.1. The minimum absolute atomic E-state index is 0.0376. The van der Waals surface area contributed by atoms with Crippen molar-refractivity contribution in [3.05, 3.63) is 28.2 Å². The number of hydrogen-bond donors (Lipinski definition) is 0. The average Bonchev–Trinajstić information content (AvgIpc) is 2.58. The lowest BCUT2D eigenvalue weighted by Gasteiger charge is -2.37. The Morgan fingerprint density at radius 3 is 2.67 bits per heavy atom. The van der Waals surface area contributed by atoms with Crippen molar-refractivity contribution in [3.63, 3.8) is 0 Å². The van der Waals surface area contributed by atoms with Crippen LogP contribution >= 0.6 is 0 Å². The largest absolute Gasteiger partial charge is 0.342 e. The number of hydrogen-bond acceptors (Lipinski definition) is 4. The number of rotatable bonds is 3. The summed E-state index contributed by atoms with van der Waals surface area (Å²) in [7, 11) is 2.10. The summed E-state index contributed by atoms with van der Waals surface area (Å²) < 4.78 is 1.58. The number of nitrogens with zero attached hydrogens (tertiary/aromatic N) is 4. The molecule has 0 N–H and O–H groups in total. The molecule has 0 radical (unpaired) electrons. The highest BCUT2D eigenvalue weighted by molar-refractivity contribution is 5.79. The summed E-state index contributed by atoms with van der Waals surface area (Å²) >= 11 is 0. The van der Waals surface area contributed by atoms with E-state index < -0.39 is 0 Å². The maximum Gasteiger partial charge on any atom is 0.266 e. The van der Waals surface area contributed by atoms with Crippen LogP contribution in [0.2, 0.25) is 0 Å². The van der Waals surface area contributed by atoms with Gasteiger partial charge in [-0.15, -0.1) is 0 Å². The topological polar surface area (TPSA) is 58.4 Å². The summed E-state index contributed by atoms with van der Waals surface area (Å²) in [5.74, 6) is 0.919. The molecule has 0 aliphatic carbocycles. The molecule has 1 unspecified atom stereocenters. The predicted molar refractivity (Wildman–Crippen MR) is 92.8 cm³/mol. The fraction of sp³-hybridized carbons (Fsp3) is 0.722. The van der Waals surface area contributed by atoms with Crippen LogP contribution in [0, 0.1) is 18.8 Å². The van der Waals surface area contributed by atoms with Crippen molar-refractivity contribution in [1.29, 1.82) is 0 Å². The van der Waals surface area contributed by atoms with Gasteiger partial charge in [0.2, 0.25) is 5.91 Å². The normalized spacial score (nSPS) is 23.4. The van der Waals surface area contributed by atoms with E-state index in [9.17, 15) is 9.59 Å². The molecular formula is C18H28N4O2. The highest BCUT2D eigenvalue weighted by atomic mass is 16.2. The van der Waals surface area contributed by atoms with Crippen molar-refractivity contribution in [3.8, 4) is 0 Å². The Bertz CT molecular complexity index is 634. The van der Waals surface area contributed by atoms with Crippen LogP contribution in [-0.4, -0.2) is 58.7 Å². The number of aromatic nitrogens is 2. The quantitative estimate of drug-likeness (QED) is 0.833. The predicted octanol–water partition coefficient (Wildman–Crippen LogP) is 1.13. The lowest BCUT2D eigenvalue weighted by molar-refractivity contribution is -0.138. The van der Waals surface area contributed by atoms with Gasteiger partial charge in [-0.1, -0.05) is 0 Å². The Morgan fingerprint density at radius 1 is 1.21 bits per heavy atom. The first-order chi connectivity index (χ1) is 11.5. The smallest absolute Gasteiger partial charge is 0.266 e. The standard InChI is InChI=1S/C18H28N4O2/c1-14-5-6-17(23)22(19-14)12-15-7-10-21(11-8-15)18(24)16-4-3-9-20(2)13-16/h5-6,15-16H,3-4,7-13H2,1-2H3. The van der Waals surface area contributed by atoms with Crippen LogP contribution in [0.25, 0.3) is 0 Å². The molecule has 2 aliphatic heterocycles. The Labute approximate surface area is 143 Å². The van der Waals surface area contributed by atoms with E-state index in [1.165, 1.54) is 0 Å². The summed E-state index contributed by atoms with van der Waals surface area (Å²) in [5, 5.41) is 4.32. The second kappa shape index (κ2) is 7.47. The van der Waals surface area contributed by atoms with Crippen LogP contribution in [0.4, 0.5) is 0 Å². The number of carbonyl (C=O) groups excluding carboxylic acids is 1. The molecule has 1 aromatic heterocycles. The zero-order valence-corrected chi connectivity index (χ0v) is 14.8. The van der Waals surface area contributed by atoms with Crippen molar-refractivity contribution in [1.82, 2.24) is 19.6 Å². The fourth-order valence-electron chi connectivity index (χ4n) is 3.89. The molecular weight excluding hydrogens is 304 g/mol. The second-order valence-electron chi connectivity index (χ2n) is 7.37. The lowest BCUT2D eigenvalue weighted by atomic mass is 9.93. The molecule has 6 nitrogen and oxygen atoms in total. The third kappa shape index (κ3) is 4.04. The molecule has 6 heteroatoms. The highest BCUT2D eigenvalue weighted by Gasteiger charge is 2.30. The van der Waals surface area contributed by atoms with Crippen LogP contribution in [0.3, 0.4) is 0 Å². The molecule has 0 saturated carbocycles. The minimum Gasteiger partial charge on any atom is -0.342 e. The Kier molecular flexibility index (Phi) is 5.33. The van der Waals surface area contributed by atoms with E-state index in [1.54, 1.807) is 16.8 Å². The molecule has 2 fully saturated rings. The van der Waals surface area contributed by atoms with Gasteiger partial charge >= 0.3 is 0 Å². The maximum absolute atomic E-state index is 12.7.